The number of aromatic nitrogens is 4. The molecule has 8 heteroatoms. The average Bonchev–Trinajstić information content (AvgIpc) is 3.06. The molecule has 4 rings (SSSR count). The Kier molecular flexibility index (Phi) is 4.90. The molecule has 1 N–H and O–H groups in total. The van der Waals surface area contributed by atoms with Crippen LogP contribution < -0.4 is 10.9 Å². The maximum Gasteiger partial charge on any atom is 0.274 e. The Balaban J connectivity index is 1.65. The molecule has 2 aromatic heterocycles. The molecule has 0 saturated carbocycles. The summed E-state index contributed by atoms with van der Waals surface area (Å²) in [5, 5.41) is 13.4. The van der Waals surface area contributed by atoms with Crippen LogP contribution in [0.1, 0.15) is 11.4 Å². The van der Waals surface area contributed by atoms with Crippen LogP contribution >= 0.6 is 11.6 Å². The van der Waals surface area contributed by atoms with Gasteiger partial charge in [0.2, 0.25) is 5.91 Å². The molecule has 0 radical (unpaired) electrons. The molecule has 2 heterocycles. The lowest BCUT2D eigenvalue weighted by atomic mass is 10.1. The summed E-state index contributed by atoms with van der Waals surface area (Å²) in [4.78, 5) is 25.0. The van der Waals surface area contributed by atoms with E-state index in [1.165, 1.54) is 4.68 Å². The first-order valence-corrected chi connectivity index (χ1v) is 9.37. The van der Waals surface area contributed by atoms with Gasteiger partial charge in [-0.15, -0.1) is 0 Å². The normalized spacial score (nSPS) is 11.0. The topological polar surface area (TPSA) is 81.8 Å². The SMILES string of the molecule is Cc1cc(NC(=O)Cc2nn(C)c(=O)c3ccccc23)n(-c2cccc(Cl)c2)n1. The van der Waals surface area contributed by atoms with Crippen molar-refractivity contribution < 1.29 is 4.79 Å². The molecule has 0 saturated heterocycles. The number of aryl methyl sites for hydroxylation is 2. The molecule has 0 bridgehead atoms. The molecule has 0 aliphatic carbocycles. The minimum atomic E-state index is -0.260. The molecule has 7 nitrogen and oxygen atoms in total. The molecule has 146 valence electrons. The van der Waals surface area contributed by atoms with Crippen molar-refractivity contribution in [3.63, 3.8) is 0 Å². The van der Waals surface area contributed by atoms with Gasteiger partial charge in [0, 0.05) is 23.5 Å². The second kappa shape index (κ2) is 7.52. The summed E-state index contributed by atoms with van der Waals surface area (Å²) in [6, 6.07) is 16.1. The van der Waals surface area contributed by atoms with Crippen molar-refractivity contribution >= 4 is 34.1 Å². The first-order chi connectivity index (χ1) is 13.9. The van der Waals surface area contributed by atoms with Crippen LogP contribution in [0.15, 0.2) is 59.4 Å². The zero-order valence-electron chi connectivity index (χ0n) is 15.9. The van der Waals surface area contributed by atoms with Gasteiger partial charge in [0.05, 0.1) is 28.9 Å². The monoisotopic (exact) mass is 407 g/mol. The van der Waals surface area contributed by atoms with Gasteiger partial charge in [-0.2, -0.15) is 10.2 Å². The van der Waals surface area contributed by atoms with Crippen molar-refractivity contribution in [1.29, 1.82) is 0 Å². The number of rotatable bonds is 4. The van der Waals surface area contributed by atoms with Crippen LogP contribution in [0.5, 0.6) is 0 Å². The summed E-state index contributed by atoms with van der Waals surface area (Å²) < 4.78 is 2.89. The molecular weight excluding hydrogens is 390 g/mol. The number of fused-ring (bicyclic) bond motifs is 1. The van der Waals surface area contributed by atoms with E-state index in [2.05, 4.69) is 15.5 Å². The highest BCUT2D eigenvalue weighted by molar-refractivity contribution is 6.30. The highest BCUT2D eigenvalue weighted by Gasteiger charge is 2.15. The highest BCUT2D eigenvalue weighted by atomic mass is 35.5. The van der Waals surface area contributed by atoms with E-state index in [9.17, 15) is 9.59 Å². The minimum Gasteiger partial charge on any atom is -0.310 e. The predicted molar refractivity (Wildman–Crippen MR) is 113 cm³/mol. The molecule has 29 heavy (non-hydrogen) atoms. The maximum atomic E-state index is 12.8. The molecule has 2 aromatic carbocycles. The van der Waals surface area contributed by atoms with Gasteiger partial charge < -0.3 is 5.32 Å². The van der Waals surface area contributed by atoms with Crippen molar-refractivity contribution in [1.82, 2.24) is 19.6 Å². The second-order valence-corrected chi connectivity index (χ2v) is 7.15. The standard InChI is InChI=1S/C21H18ClN5O2/c1-13-10-19(27(24-13)15-7-5-6-14(22)11-15)23-20(28)12-18-16-8-3-4-9-17(16)21(29)26(2)25-18/h3-11H,12H2,1-2H3,(H,23,28). The lowest BCUT2D eigenvalue weighted by Crippen LogP contribution is -2.24. The van der Waals surface area contributed by atoms with Crippen LogP contribution in [0.4, 0.5) is 5.82 Å². The lowest BCUT2D eigenvalue weighted by Gasteiger charge is -2.11. The van der Waals surface area contributed by atoms with Crippen molar-refractivity contribution in [3.05, 3.63) is 81.4 Å². The van der Waals surface area contributed by atoms with Crippen LogP contribution in [0.2, 0.25) is 5.02 Å². The summed E-state index contributed by atoms with van der Waals surface area (Å²) in [7, 11) is 1.58. The zero-order valence-corrected chi connectivity index (χ0v) is 16.6. The van der Waals surface area contributed by atoms with Gasteiger partial charge in [0.1, 0.15) is 5.82 Å². The van der Waals surface area contributed by atoms with Crippen LogP contribution in [0.25, 0.3) is 16.5 Å². The Morgan fingerprint density at radius 1 is 1.07 bits per heavy atom. The smallest absolute Gasteiger partial charge is 0.274 e. The Labute approximate surface area is 171 Å². The number of nitrogens with one attached hydrogen (secondary N) is 1. The molecule has 0 aliphatic rings. The number of amides is 1. The largest absolute Gasteiger partial charge is 0.310 e. The molecular formula is C21H18ClN5O2. The number of hydrogen-bond donors (Lipinski definition) is 1. The highest BCUT2D eigenvalue weighted by Crippen LogP contribution is 2.21. The van der Waals surface area contributed by atoms with Crippen molar-refractivity contribution in [2.24, 2.45) is 7.05 Å². The third kappa shape index (κ3) is 3.77. The number of nitrogens with zero attached hydrogens (tertiary/aromatic N) is 4. The Bertz CT molecular complexity index is 1290. The third-order valence-corrected chi connectivity index (χ3v) is 4.75. The van der Waals surface area contributed by atoms with E-state index in [1.807, 2.05) is 25.1 Å². The maximum absolute atomic E-state index is 12.8. The Hall–Kier alpha value is -3.45. The molecule has 4 aromatic rings. The fourth-order valence-electron chi connectivity index (χ4n) is 3.24. The Morgan fingerprint density at radius 2 is 1.83 bits per heavy atom. The lowest BCUT2D eigenvalue weighted by molar-refractivity contribution is -0.115. The quantitative estimate of drug-likeness (QED) is 0.563. The van der Waals surface area contributed by atoms with E-state index in [-0.39, 0.29) is 17.9 Å². The van der Waals surface area contributed by atoms with Crippen molar-refractivity contribution in [3.8, 4) is 5.69 Å². The van der Waals surface area contributed by atoms with Crippen LogP contribution in [0, 0.1) is 6.92 Å². The fraction of sp³-hybridized carbons (Fsp3) is 0.143. The molecule has 0 atom stereocenters. The molecule has 1 amide bonds. The van der Waals surface area contributed by atoms with Crippen LogP contribution in [-0.2, 0) is 18.3 Å². The number of hydrogen-bond acceptors (Lipinski definition) is 4. The summed E-state index contributed by atoms with van der Waals surface area (Å²) in [6.07, 6.45) is 0.0222. The van der Waals surface area contributed by atoms with Gasteiger partial charge >= 0.3 is 0 Å². The van der Waals surface area contributed by atoms with E-state index in [4.69, 9.17) is 11.6 Å². The van der Waals surface area contributed by atoms with Gasteiger partial charge in [0.15, 0.2) is 0 Å². The molecule has 0 spiro atoms. The van der Waals surface area contributed by atoms with Gasteiger partial charge in [-0.25, -0.2) is 9.36 Å². The first-order valence-electron chi connectivity index (χ1n) is 9.00. The predicted octanol–water partition coefficient (Wildman–Crippen LogP) is 3.26. The summed E-state index contributed by atoms with van der Waals surface area (Å²) in [5.41, 5.74) is 1.84. The van der Waals surface area contributed by atoms with E-state index < -0.39 is 0 Å². The molecule has 0 unspecified atom stereocenters. The van der Waals surface area contributed by atoms with Crippen molar-refractivity contribution in [2.45, 2.75) is 13.3 Å². The van der Waals surface area contributed by atoms with E-state index >= 15 is 0 Å². The van der Waals surface area contributed by atoms with Crippen molar-refractivity contribution in [2.75, 3.05) is 5.32 Å². The van der Waals surface area contributed by atoms with Gasteiger partial charge in [-0.3, -0.25) is 9.59 Å². The summed E-state index contributed by atoms with van der Waals surface area (Å²) in [5.74, 6) is 0.272. The van der Waals surface area contributed by atoms with Crippen LogP contribution in [-0.4, -0.2) is 25.5 Å². The van der Waals surface area contributed by atoms with E-state index in [1.54, 1.807) is 48.1 Å². The summed E-state index contributed by atoms with van der Waals surface area (Å²) in [6.45, 7) is 1.85. The third-order valence-electron chi connectivity index (χ3n) is 4.51. The number of carbonyl (C=O) groups excluding carboxylic acids is 1. The number of halogens is 1. The molecule has 0 aliphatic heterocycles. The fourth-order valence-corrected chi connectivity index (χ4v) is 3.42. The van der Waals surface area contributed by atoms with Gasteiger partial charge in [-0.05, 0) is 31.2 Å². The zero-order chi connectivity index (χ0) is 20.5. The van der Waals surface area contributed by atoms with Crippen LogP contribution in [0.3, 0.4) is 0 Å². The summed E-state index contributed by atoms with van der Waals surface area (Å²) >= 11 is 6.09. The molecule has 0 fully saturated rings. The van der Waals surface area contributed by atoms with E-state index in [0.717, 1.165) is 11.4 Å². The van der Waals surface area contributed by atoms with Gasteiger partial charge in [-0.1, -0.05) is 35.9 Å². The minimum absolute atomic E-state index is 0.0222. The van der Waals surface area contributed by atoms with Gasteiger partial charge in [0.25, 0.3) is 5.56 Å². The first kappa shape index (κ1) is 18.9. The van der Waals surface area contributed by atoms with E-state index in [0.29, 0.717) is 27.3 Å². The second-order valence-electron chi connectivity index (χ2n) is 6.71. The number of anilines is 1. The Morgan fingerprint density at radius 3 is 2.59 bits per heavy atom. The average molecular weight is 408 g/mol. The number of carbonyl (C=O) groups is 1. The number of benzene rings is 2.